The molecule has 8 aromatic rings. The van der Waals surface area contributed by atoms with Crippen molar-refractivity contribution in [1.82, 2.24) is 19.5 Å². The van der Waals surface area contributed by atoms with Gasteiger partial charge in [0.25, 0.3) is 0 Å². The number of nitrogens with zero attached hydrogens (tertiary/aromatic N) is 4. The third-order valence-corrected chi connectivity index (χ3v) is 7.37. The van der Waals surface area contributed by atoms with Gasteiger partial charge < -0.3 is 8.98 Å². The summed E-state index contributed by atoms with van der Waals surface area (Å²) < 4.78 is 8.36. The van der Waals surface area contributed by atoms with Crippen LogP contribution in [0.15, 0.2) is 120 Å². The molecule has 0 atom stereocenters. The molecule has 0 spiro atoms. The van der Waals surface area contributed by atoms with Crippen LogP contribution in [0.5, 0.6) is 0 Å². The molecule has 0 bridgehead atoms. The van der Waals surface area contributed by atoms with E-state index in [0.29, 0.717) is 11.6 Å². The van der Waals surface area contributed by atoms with Gasteiger partial charge >= 0.3 is 0 Å². The molecule has 3 aromatic heterocycles. The highest BCUT2D eigenvalue weighted by atomic mass is 35.5. The zero-order valence-electron chi connectivity index (χ0n) is 20.5. The molecule has 39 heavy (non-hydrogen) atoms. The first-order valence-corrected chi connectivity index (χ1v) is 13.0. The summed E-state index contributed by atoms with van der Waals surface area (Å²) in [6.07, 6.45) is 0. The molecule has 0 saturated carbocycles. The van der Waals surface area contributed by atoms with Crippen LogP contribution in [-0.2, 0) is 0 Å². The zero-order valence-corrected chi connectivity index (χ0v) is 21.3. The molecule has 3 heterocycles. The Morgan fingerprint density at radius 2 is 1.28 bits per heavy atom. The quantitative estimate of drug-likeness (QED) is 0.232. The summed E-state index contributed by atoms with van der Waals surface area (Å²) in [5, 5.41) is 4.46. The second-order valence-electron chi connectivity index (χ2n) is 9.45. The Balaban J connectivity index is 1.36. The maximum atomic E-state index is 6.51. The van der Waals surface area contributed by atoms with Gasteiger partial charge in [-0.15, -0.1) is 0 Å². The second-order valence-corrected chi connectivity index (χ2v) is 9.79. The van der Waals surface area contributed by atoms with E-state index in [1.54, 1.807) is 0 Å². The van der Waals surface area contributed by atoms with Crippen LogP contribution in [-0.4, -0.2) is 19.5 Å². The number of fused-ring (bicyclic) bond motifs is 6. The molecule has 0 aliphatic heterocycles. The van der Waals surface area contributed by atoms with Crippen molar-refractivity contribution in [3.8, 4) is 28.5 Å². The van der Waals surface area contributed by atoms with Crippen molar-refractivity contribution in [3.63, 3.8) is 0 Å². The largest absolute Gasteiger partial charge is 0.456 e. The van der Waals surface area contributed by atoms with Gasteiger partial charge in [0.2, 0.25) is 5.28 Å². The molecule has 0 amide bonds. The number of aromatic nitrogens is 4. The van der Waals surface area contributed by atoms with E-state index in [0.717, 1.165) is 55.2 Å². The van der Waals surface area contributed by atoms with Crippen LogP contribution < -0.4 is 0 Å². The van der Waals surface area contributed by atoms with Crippen molar-refractivity contribution in [2.75, 3.05) is 0 Å². The van der Waals surface area contributed by atoms with Crippen LogP contribution in [0.2, 0.25) is 5.28 Å². The van der Waals surface area contributed by atoms with Crippen molar-refractivity contribution in [2.45, 2.75) is 0 Å². The molecule has 184 valence electrons. The van der Waals surface area contributed by atoms with Gasteiger partial charge in [0.05, 0.1) is 11.0 Å². The fourth-order valence-electron chi connectivity index (χ4n) is 5.53. The van der Waals surface area contributed by atoms with E-state index < -0.39 is 0 Å². The summed E-state index contributed by atoms with van der Waals surface area (Å²) in [6.45, 7) is 0. The van der Waals surface area contributed by atoms with Gasteiger partial charge in [-0.05, 0) is 48.0 Å². The van der Waals surface area contributed by atoms with Crippen LogP contribution >= 0.6 is 11.6 Å². The van der Waals surface area contributed by atoms with Crippen molar-refractivity contribution in [1.29, 1.82) is 0 Å². The second kappa shape index (κ2) is 8.51. The molecule has 0 aliphatic carbocycles. The predicted molar refractivity (Wildman–Crippen MR) is 157 cm³/mol. The maximum Gasteiger partial charge on any atom is 0.226 e. The molecule has 0 aliphatic rings. The molecule has 0 radical (unpaired) electrons. The van der Waals surface area contributed by atoms with Crippen molar-refractivity contribution in [2.24, 2.45) is 0 Å². The number of para-hydroxylation sites is 3. The summed E-state index contributed by atoms with van der Waals surface area (Å²) in [6, 6.07) is 39.0. The minimum atomic E-state index is 0.142. The maximum absolute atomic E-state index is 6.51. The SMILES string of the molecule is Clc1nc(-c2ccc3c4ccccc4n(-c4ccccc4)c3c2)nc(-c2cccc3oc4ccccc4c23)n1. The van der Waals surface area contributed by atoms with E-state index in [9.17, 15) is 0 Å². The molecular weight excluding hydrogens is 504 g/mol. The topological polar surface area (TPSA) is 56.7 Å². The average Bonchev–Trinajstić information content (AvgIpc) is 3.53. The minimum absolute atomic E-state index is 0.142. The summed E-state index contributed by atoms with van der Waals surface area (Å²) >= 11 is 6.51. The number of hydrogen-bond donors (Lipinski definition) is 0. The van der Waals surface area contributed by atoms with Crippen molar-refractivity contribution < 1.29 is 4.42 Å². The molecule has 0 fully saturated rings. The van der Waals surface area contributed by atoms with Crippen LogP contribution in [0.25, 0.3) is 72.2 Å². The molecular formula is C33H19ClN4O. The Morgan fingerprint density at radius 3 is 2.18 bits per heavy atom. The Labute approximate surface area is 228 Å². The first-order chi connectivity index (χ1) is 19.2. The molecule has 0 saturated heterocycles. The van der Waals surface area contributed by atoms with Crippen LogP contribution in [0.3, 0.4) is 0 Å². The van der Waals surface area contributed by atoms with Gasteiger partial charge in [-0.25, -0.2) is 4.98 Å². The molecule has 0 N–H and O–H groups in total. The molecule has 0 unspecified atom stereocenters. The van der Waals surface area contributed by atoms with E-state index in [4.69, 9.17) is 21.0 Å². The lowest BCUT2D eigenvalue weighted by Gasteiger charge is -2.09. The Kier molecular flexibility index (Phi) is 4.81. The van der Waals surface area contributed by atoms with E-state index in [1.165, 1.54) is 5.39 Å². The monoisotopic (exact) mass is 522 g/mol. The first kappa shape index (κ1) is 22.0. The lowest BCUT2D eigenvalue weighted by atomic mass is 10.1. The third-order valence-electron chi connectivity index (χ3n) is 7.20. The molecule has 5 nitrogen and oxygen atoms in total. The standard InChI is InChI=1S/C33H19ClN4O/c34-33-36-31(35-32(37-33)25-13-8-16-29-30(25)24-12-5-7-15-28(24)39-29)20-17-18-23-22-11-4-6-14-26(22)38(27(23)19-20)21-9-2-1-3-10-21/h1-19H. The van der Waals surface area contributed by atoms with Gasteiger partial charge in [-0.2, -0.15) is 9.97 Å². The third kappa shape index (κ3) is 3.44. The van der Waals surface area contributed by atoms with Crippen LogP contribution in [0, 0.1) is 0 Å². The van der Waals surface area contributed by atoms with E-state index in [-0.39, 0.29) is 5.28 Å². The minimum Gasteiger partial charge on any atom is -0.456 e. The molecule has 5 aromatic carbocycles. The normalized spacial score (nSPS) is 11.7. The van der Waals surface area contributed by atoms with Crippen LogP contribution in [0.4, 0.5) is 0 Å². The summed E-state index contributed by atoms with van der Waals surface area (Å²) in [5.74, 6) is 1.02. The van der Waals surface area contributed by atoms with Gasteiger partial charge in [0.1, 0.15) is 11.2 Å². The fraction of sp³-hybridized carbons (Fsp3) is 0. The van der Waals surface area contributed by atoms with E-state index in [2.05, 4.69) is 75.2 Å². The first-order valence-electron chi connectivity index (χ1n) is 12.7. The molecule has 8 rings (SSSR count). The predicted octanol–water partition coefficient (Wildman–Crippen LogP) is 8.86. The number of benzene rings is 5. The van der Waals surface area contributed by atoms with Crippen molar-refractivity contribution >= 4 is 55.3 Å². The smallest absolute Gasteiger partial charge is 0.226 e. The average molecular weight is 523 g/mol. The highest BCUT2D eigenvalue weighted by Crippen LogP contribution is 2.37. The van der Waals surface area contributed by atoms with Crippen LogP contribution in [0.1, 0.15) is 0 Å². The van der Waals surface area contributed by atoms with Gasteiger partial charge in [-0.3, -0.25) is 0 Å². The number of halogens is 1. The number of rotatable bonds is 3. The van der Waals surface area contributed by atoms with E-state index >= 15 is 0 Å². The van der Waals surface area contributed by atoms with E-state index in [1.807, 2.05) is 54.6 Å². The molecule has 6 heteroatoms. The highest BCUT2D eigenvalue weighted by molar-refractivity contribution is 6.28. The zero-order chi connectivity index (χ0) is 25.9. The van der Waals surface area contributed by atoms with Gasteiger partial charge in [0.15, 0.2) is 11.6 Å². The Morgan fingerprint density at radius 1 is 0.564 bits per heavy atom. The Hall–Kier alpha value is -5.00. The Bertz CT molecular complexity index is 2200. The van der Waals surface area contributed by atoms with Gasteiger partial charge in [-0.1, -0.05) is 78.9 Å². The lowest BCUT2D eigenvalue weighted by molar-refractivity contribution is 0.669. The summed E-state index contributed by atoms with van der Waals surface area (Å²) in [4.78, 5) is 14.0. The summed E-state index contributed by atoms with van der Waals surface area (Å²) in [5.41, 5.74) is 6.61. The lowest BCUT2D eigenvalue weighted by Crippen LogP contribution is -1.98. The van der Waals surface area contributed by atoms with Crippen molar-refractivity contribution in [3.05, 3.63) is 121 Å². The highest BCUT2D eigenvalue weighted by Gasteiger charge is 2.18. The number of furan rings is 1. The summed E-state index contributed by atoms with van der Waals surface area (Å²) in [7, 11) is 0. The fourth-order valence-corrected chi connectivity index (χ4v) is 5.69. The number of hydrogen-bond acceptors (Lipinski definition) is 4. The van der Waals surface area contributed by atoms with Gasteiger partial charge in [0, 0.05) is 38.4 Å².